The summed E-state index contributed by atoms with van der Waals surface area (Å²) in [5.74, 6) is 1.23. The quantitative estimate of drug-likeness (QED) is 0.800. The van der Waals surface area contributed by atoms with Crippen LogP contribution in [0, 0.1) is 10.8 Å². The third-order valence-electron chi connectivity index (χ3n) is 3.58. The van der Waals surface area contributed by atoms with E-state index in [9.17, 15) is 4.91 Å². The van der Waals surface area contributed by atoms with Crippen LogP contribution < -0.4 is 4.74 Å². The van der Waals surface area contributed by atoms with Gasteiger partial charge in [0.2, 0.25) is 0 Å². The van der Waals surface area contributed by atoms with E-state index in [1.165, 1.54) is 0 Å². The molecular formula is C14H20N2O3. The average Bonchev–Trinajstić information content (AvgIpc) is 2.49. The van der Waals surface area contributed by atoms with Crippen molar-refractivity contribution in [2.45, 2.75) is 12.8 Å². The van der Waals surface area contributed by atoms with Crippen LogP contribution in [0.1, 0.15) is 12.8 Å². The van der Waals surface area contributed by atoms with Crippen molar-refractivity contribution < 1.29 is 9.84 Å². The molecule has 104 valence electrons. The topological polar surface area (TPSA) is 62.1 Å². The van der Waals surface area contributed by atoms with E-state index in [-0.39, 0.29) is 0 Å². The summed E-state index contributed by atoms with van der Waals surface area (Å²) in [6.07, 6.45) is 2.13. The zero-order chi connectivity index (χ0) is 13.5. The van der Waals surface area contributed by atoms with Crippen LogP contribution in [0.4, 0.5) is 5.69 Å². The van der Waals surface area contributed by atoms with E-state index in [2.05, 4.69) is 10.1 Å². The van der Waals surface area contributed by atoms with E-state index < -0.39 is 0 Å². The molecule has 1 aliphatic heterocycles. The normalized spacial score (nSPS) is 17.3. The van der Waals surface area contributed by atoms with Gasteiger partial charge in [-0.1, -0.05) is 0 Å². The van der Waals surface area contributed by atoms with Gasteiger partial charge in [-0.25, -0.2) is 0 Å². The third-order valence-corrected chi connectivity index (χ3v) is 3.58. The molecule has 5 heteroatoms. The van der Waals surface area contributed by atoms with Gasteiger partial charge < -0.3 is 9.84 Å². The van der Waals surface area contributed by atoms with E-state index in [4.69, 9.17) is 9.84 Å². The van der Waals surface area contributed by atoms with Crippen LogP contribution in [0.3, 0.4) is 0 Å². The Morgan fingerprint density at radius 2 is 1.95 bits per heavy atom. The number of aliphatic hydroxyl groups is 1. The van der Waals surface area contributed by atoms with Crippen LogP contribution in [0.15, 0.2) is 29.4 Å². The number of benzene rings is 1. The molecule has 0 aliphatic carbocycles. The Morgan fingerprint density at radius 3 is 2.53 bits per heavy atom. The first-order chi connectivity index (χ1) is 9.31. The highest BCUT2D eigenvalue weighted by molar-refractivity contribution is 5.40. The fourth-order valence-corrected chi connectivity index (χ4v) is 2.29. The first-order valence-electron chi connectivity index (χ1n) is 6.71. The largest absolute Gasteiger partial charge is 0.492 e. The van der Waals surface area contributed by atoms with Gasteiger partial charge in [0.1, 0.15) is 18.0 Å². The van der Waals surface area contributed by atoms with Crippen LogP contribution >= 0.6 is 0 Å². The number of ether oxygens (including phenoxy) is 1. The van der Waals surface area contributed by atoms with Crippen molar-refractivity contribution in [1.29, 1.82) is 0 Å². The molecule has 0 radical (unpaired) electrons. The zero-order valence-corrected chi connectivity index (χ0v) is 11.0. The van der Waals surface area contributed by atoms with Gasteiger partial charge in [0.05, 0.1) is 0 Å². The van der Waals surface area contributed by atoms with Gasteiger partial charge in [0, 0.05) is 13.2 Å². The third kappa shape index (κ3) is 4.29. The Kier molecular flexibility index (Phi) is 5.30. The Balaban J connectivity index is 1.67. The van der Waals surface area contributed by atoms with E-state index in [0.29, 0.717) is 24.8 Å². The Hall–Kier alpha value is -1.46. The van der Waals surface area contributed by atoms with Crippen LogP contribution in [0.5, 0.6) is 5.75 Å². The van der Waals surface area contributed by atoms with Crippen molar-refractivity contribution in [1.82, 2.24) is 4.90 Å². The lowest BCUT2D eigenvalue weighted by atomic mass is 9.98. The van der Waals surface area contributed by atoms with Crippen molar-refractivity contribution in [3.05, 3.63) is 29.2 Å². The molecule has 1 N–H and O–H groups in total. The number of hydrogen-bond acceptors (Lipinski definition) is 5. The van der Waals surface area contributed by atoms with Crippen molar-refractivity contribution >= 4 is 5.69 Å². The Morgan fingerprint density at radius 1 is 1.26 bits per heavy atom. The van der Waals surface area contributed by atoms with Crippen molar-refractivity contribution in [3.8, 4) is 5.75 Å². The number of piperidine rings is 1. The summed E-state index contributed by atoms with van der Waals surface area (Å²) in [6, 6.07) is 6.81. The second-order valence-corrected chi connectivity index (χ2v) is 4.90. The molecule has 2 rings (SSSR count). The second kappa shape index (κ2) is 7.21. The molecule has 19 heavy (non-hydrogen) atoms. The minimum Gasteiger partial charge on any atom is -0.492 e. The summed E-state index contributed by atoms with van der Waals surface area (Å²) in [7, 11) is 0. The average molecular weight is 264 g/mol. The maximum absolute atomic E-state index is 10.3. The molecule has 0 atom stereocenters. The van der Waals surface area contributed by atoms with Gasteiger partial charge in [-0.3, -0.25) is 4.90 Å². The summed E-state index contributed by atoms with van der Waals surface area (Å²) in [5.41, 5.74) is 0.415. The molecule has 5 nitrogen and oxygen atoms in total. The molecule has 1 saturated heterocycles. The first-order valence-corrected chi connectivity index (χ1v) is 6.71. The summed E-state index contributed by atoms with van der Waals surface area (Å²) in [5, 5.41) is 11.9. The number of nitrogens with zero attached hydrogens (tertiary/aromatic N) is 2. The van der Waals surface area contributed by atoms with E-state index in [0.717, 1.165) is 38.2 Å². The number of likely N-dealkylation sites (tertiary alicyclic amines) is 1. The molecule has 1 aliphatic rings. The van der Waals surface area contributed by atoms with Crippen molar-refractivity contribution in [2.24, 2.45) is 11.1 Å². The van der Waals surface area contributed by atoms with E-state index >= 15 is 0 Å². The summed E-state index contributed by atoms with van der Waals surface area (Å²) in [4.78, 5) is 12.6. The van der Waals surface area contributed by atoms with Crippen molar-refractivity contribution in [3.63, 3.8) is 0 Å². The lowest BCUT2D eigenvalue weighted by Gasteiger charge is -2.30. The lowest BCUT2D eigenvalue weighted by molar-refractivity contribution is 0.119. The SMILES string of the molecule is O=Nc1ccc(OCCN2CCC(CO)CC2)cc1. The molecule has 1 fully saturated rings. The predicted octanol–water partition coefficient (Wildman–Crippen LogP) is 2.17. The Labute approximate surface area is 113 Å². The highest BCUT2D eigenvalue weighted by Crippen LogP contribution is 2.18. The monoisotopic (exact) mass is 264 g/mol. The molecule has 1 aromatic carbocycles. The van der Waals surface area contributed by atoms with Crippen molar-refractivity contribution in [2.75, 3.05) is 32.8 Å². The summed E-state index contributed by atoms with van der Waals surface area (Å²) < 4.78 is 5.63. The zero-order valence-electron chi connectivity index (χ0n) is 11.0. The van der Waals surface area contributed by atoms with Crippen LogP contribution in [0.25, 0.3) is 0 Å². The standard InChI is InChI=1S/C14H20N2O3/c17-11-12-5-7-16(8-6-12)9-10-19-14-3-1-13(15-18)2-4-14/h1-4,12,17H,5-11H2. The second-order valence-electron chi connectivity index (χ2n) is 4.90. The molecule has 0 aromatic heterocycles. The highest BCUT2D eigenvalue weighted by atomic mass is 16.5. The first kappa shape index (κ1) is 14.0. The predicted molar refractivity (Wildman–Crippen MR) is 73.6 cm³/mol. The molecule has 0 unspecified atom stereocenters. The van der Waals surface area contributed by atoms with Gasteiger partial charge in [0.15, 0.2) is 0 Å². The van der Waals surface area contributed by atoms with Crippen LogP contribution in [0.2, 0.25) is 0 Å². The summed E-state index contributed by atoms with van der Waals surface area (Å²) in [6.45, 7) is 3.90. The molecule has 0 saturated carbocycles. The fraction of sp³-hybridized carbons (Fsp3) is 0.571. The Bertz CT molecular complexity index is 386. The van der Waals surface area contributed by atoms with Gasteiger partial charge in [-0.2, -0.15) is 0 Å². The van der Waals surface area contributed by atoms with E-state index in [1.807, 2.05) is 0 Å². The number of nitroso groups, excluding NO2 is 1. The lowest BCUT2D eigenvalue weighted by Crippen LogP contribution is -2.37. The van der Waals surface area contributed by atoms with Gasteiger partial charge in [-0.05, 0) is 61.3 Å². The van der Waals surface area contributed by atoms with Gasteiger partial charge >= 0.3 is 0 Å². The minimum absolute atomic E-state index is 0.307. The van der Waals surface area contributed by atoms with Gasteiger partial charge in [0.25, 0.3) is 0 Å². The summed E-state index contributed by atoms with van der Waals surface area (Å²) >= 11 is 0. The van der Waals surface area contributed by atoms with Crippen LogP contribution in [-0.2, 0) is 0 Å². The van der Waals surface area contributed by atoms with Gasteiger partial charge in [-0.15, -0.1) is 4.91 Å². The molecule has 0 spiro atoms. The maximum Gasteiger partial charge on any atom is 0.119 e. The minimum atomic E-state index is 0.307. The molecular weight excluding hydrogens is 244 g/mol. The molecule has 0 amide bonds. The van der Waals surface area contributed by atoms with E-state index in [1.54, 1.807) is 24.3 Å². The number of hydrogen-bond donors (Lipinski definition) is 1. The smallest absolute Gasteiger partial charge is 0.119 e. The molecule has 1 aromatic rings. The van der Waals surface area contributed by atoms with Crippen LogP contribution in [-0.4, -0.2) is 42.9 Å². The number of aliphatic hydroxyl groups excluding tert-OH is 1. The number of rotatable bonds is 6. The molecule has 1 heterocycles. The molecule has 0 bridgehead atoms. The fourth-order valence-electron chi connectivity index (χ4n) is 2.29. The highest BCUT2D eigenvalue weighted by Gasteiger charge is 2.17. The maximum atomic E-state index is 10.3.